The first-order valence-electron chi connectivity index (χ1n) is 6.43. The third-order valence-corrected chi connectivity index (χ3v) is 3.73. The van der Waals surface area contributed by atoms with E-state index < -0.39 is 17.7 Å². The number of aliphatic carboxylic acids is 1. The van der Waals surface area contributed by atoms with Crippen molar-refractivity contribution in [3.05, 3.63) is 0 Å². The van der Waals surface area contributed by atoms with Gasteiger partial charge >= 0.3 is 12.1 Å². The Morgan fingerprint density at radius 2 is 2.06 bits per heavy atom. The summed E-state index contributed by atoms with van der Waals surface area (Å²) in [5.74, 6) is -0.556. The van der Waals surface area contributed by atoms with Crippen LogP contribution in [0.15, 0.2) is 0 Å². The van der Waals surface area contributed by atoms with E-state index in [0.717, 1.165) is 6.42 Å². The summed E-state index contributed by atoms with van der Waals surface area (Å²) in [6.07, 6.45) is 2.84. The van der Waals surface area contributed by atoms with Gasteiger partial charge in [0.15, 0.2) is 0 Å². The lowest BCUT2D eigenvalue weighted by Gasteiger charge is -2.23. The third kappa shape index (κ3) is 3.15. The zero-order chi connectivity index (χ0) is 13.6. The SMILES string of the molecule is CC(C)(C)OC(=O)N[C@H](CC(=O)O)C1CC12CC2. The quantitative estimate of drug-likeness (QED) is 0.807. The first-order valence-corrected chi connectivity index (χ1v) is 6.43. The number of carboxylic acids is 1. The van der Waals surface area contributed by atoms with Crippen molar-refractivity contribution < 1.29 is 19.4 Å². The van der Waals surface area contributed by atoms with Gasteiger partial charge < -0.3 is 15.2 Å². The van der Waals surface area contributed by atoms with Crippen molar-refractivity contribution in [2.45, 2.75) is 58.1 Å². The Morgan fingerprint density at radius 1 is 1.44 bits per heavy atom. The van der Waals surface area contributed by atoms with Crippen LogP contribution in [0, 0.1) is 11.3 Å². The molecule has 0 aromatic rings. The van der Waals surface area contributed by atoms with Gasteiger partial charge in [-0.15, -0.1) is 0 Å². The molecule has 2 saturated carbocycles. The van der Waals surface area contributed by atoms with Crippen LogP contribution >= 0.6 is 0 Å². The number of nitrogens with one attached hydrogen (secondary N) is 1. The Kier molecular flexibility index (Phi) is 3.03. The molecule has 0 radical (unpaired) electrons. The molecule has 1 spiro atoms. The zero-order valence-corrected chi connectivity index (χ0v) is 11.2. The molecule has 2 atom stereocenters. The van der Waals surface area contributed by atoms with E-state index in [-0.39, 0.29) is 12.5 Å². The molecule has 0 aromatic heterocycles. The molecule has 1 unspecified atom stereocenters. The van der Waals surface area contributed by atoms with Gasteiger partial charge in [-0.1, -0.05) is 0 Å². The van der Waals surface area contributed by atoms with Crippen LogP contribution in [0.25, 0.3) is 0 Å². The van der Waals surface area contributed by atoms with E-state index >= 15 is 0 Å². The normalized spacial score (nSPS) is 25.4. The maximum Gasteiger partial charge on any atom is 0.407 e. The number of rotatable bonds is 4. The molecule has 2 aliphatic rings. The molecule has 5 nitrogen and oxygen atoms in total. The molecule has 0 saturated heterocycles. The topological polar surface area (TPSA) is 75.6 Å². The molecular weight excluding hydrogens is 234 g/mol. The number of alkyl carbamates (subject to hydrolysis) is 1. The molecule has 5 heteroatoms. The molecule has 2 rings (SSSR count). The first-order chi connectivity index (χ1) is 8.22. The van der Waals surface area contributed by atoms with Crippen molar-refractivity contribution in [1.29, 1.82) is 0 Å². The number of carboxylic acid groups (broad SMARTS) is 1. The minimum atomic E-state index is -0.876. The van der Waals surface area contributed by atoms with Gasteiger partial charge in [0, 0.05) is 6.04 Å². The van der Waals surface area contributed by atoms with E-state index in [1.54, 1.807) is 20.8 Å². The highest BCUT2D eigenvalue weighted by atomic mass is 16.6. The maximum absolute atomic E-state index is 11.7. The van der Waals surface area contributed by atoms with Crippen LogP contribution in [0.3, 0.4) is 0 Å². The average molecular weight is 255 g/mol. The van der Waals surface area contributed by atoms with Gasteiger partial charge in [0.2, 0.25) is 0 Å². The van der Waals surface area contributed by atoms with Crippen LogP contribution in [0.1, 0.15) is 46.5 Å². The highest BCUT2D eigenvalue weighted by Crippen LogP contribution is 2.71. The van der Waals surface area contributed by atoms with Gasteiger partial charge in [-0.05, 0) is 51.4 Å². The molecule has 2 aliphatic carbocycles. The number of hydrogen-bond acceptors (Lipinski definition) is 3. The van der Waals surface area contributed by atoms with E-state index in [1.807, 2.05) is 0 Å². The molecule has 0 aliphatic heterocycles. The minimum Gasteiger partial charge on any atom is -0.481 e. The van der Waals surface area contributed by atoms with Gasteiger partial charge in [0.05, 0.1) is 6.42 Å². The van der Waals surface area contributed by atoms with Gasteiger partial charge in [-0.25, -0.2) is 4.79 Å². The summed E-state index contributed by atoms with van der Waals surface area (Å²) >= 11 is 0. The third-order valence-electron chi connectivity index (χ3n) is 3.73. The fourth-order valence-corrected chi connectivity index (χ4v) is 2.62. The van der Waals surface area contributed by atoms with Crippen molar-refractivity contribution in [1.82, 2.24) is 5.32 Å². The van der Waals surface area contributed by atoms with E-state index in [0.29, 0.717) is 11.3 Å². The predicted molar refractivity (Wildman–Crippen MR) is 65.2 cm³/mol. The average Bonchev–Trinajstić information content (AvgIpc) is 3.02. The summed E-state index contributed by atoms with van der Waals surface area (Å²) in [7, 11) is 0. The van der Waals surface area contributed by atoms with Crippen LogP contribution in [0.2, 0.25) is 0 Å². The van der Waals surface area contributed by atoms with Gasteiger partial charge in [0.1, 0.15) is 5.60 Å². The smallest absolute Gasteiger partial charge is 0.407 e. The molecule has 102 valence electrons. The van der Waals surface area contributed by atoms with Crippen LogP contribution in [-0.2, 0) is 9.53 Å². The fraction of sp³-hybridized carbons (Fsp3) is 0.846. The number of amides is 1. The standard InChI is InChI=1S/C13H21NO4/c1-12(2,3)18-11(17)14-9(6-10(15)16)8-7-13(8)4-5-13/h8-9H,4-7H2,1-3H3,(H,14,17)(H,15,16)/t8?,9-/m1/s1. The van der Waals surface area contributed by atoms with E-state index in [1.165, 1.54) is 12.8 Å². The lowest BCUT2D eigenvalue weighted by Crippen LogP contribution is -2.41. The molecular formula is C13H21NO4. The summed E-state index contributed by atoms with van der Waals surface area (Å²) in [4.78, 5) is 22.5. The Labute approximate surface area is 107 Å². The van der Waals surface area contributed by atoms with Crippen molar-refractivity contribution in [3.8, 4) is 0 Å². The molecule has 2 fully saturated rings. The van der Waals surface area contributed by atoms with Gasteiger partial charge in [-0.3, -0.25) is 4.79 Å². The van der Waals surface area contributed by atoms with Gasteiger partial charge in [0.25, 0.3) is 0 Å². The summed E-state index contributed by atoms with van der Waals surface area (Å²) in [5, 5.41) is 11.6. The molecule has 0 aromatic carbocycles. The van der Waals surface area contributed by atoms with E-state index in [9.17, 15) is 9.59 Å². The second-order valence-corrected chi connectivity index (χ2v) is 6.52. The molecule has 18 heavy (non-hydrogen) atoms. The summed E-state index contributed by atoms with van der Waals surface area (Å²) in [5.41, 5.74) is -0.201. The molecule has 0 bridgehead atoms. The van der Waals surface area contributed by atoms with Crippen molar-refractivity contribution in [2.24, 2.45) is 11.3 Å². The van der Waals surface area contributed by atoms with Gasteiger partial charge in [-0.2, -0.15) is 0 Å². The first kappa shape index (κ1) is 13.2. The van der Waals surface area contributed by atoms with E-state index in [2.05, 4.69) is 5.32 Å². The largest absolute Gasteiger partial charge is 0.481 e. The maximum atomic E-state index is 11.7. The summed E-state index contributed by atoms with van der Waals surface area (Å²) in [6, 6.07) is -0.292. The monoisotopic (exact) mass is 255 g/mol. The van der Waals surface area contributed by atoms with Crippen molar-refractivity contribution in [3.63, 3.8) is 0 Å². The van der Waals surface area contributed by atoms with Crippen LogP contribution in [0.5, 0.6) is 0 Å². The number of hydrogen-bond donors (Lipinski definition) is 2. The summed E-state index contributed by atoms with van der Waals surface area (Å²) < 4.78 is 5.17. The lowest BCUT2D eigenvalue weighted by atomic mass is 10.1. The Balaban J connectivity index is 1.89. The van der Waals surface area contributed by atoms with Crippen LogP contribution in [-0.4, -0.2) is 28.8 Å². The molecule has 2 N–H and O–H groups in total. The van der Waals surface area contributed by atoms with Crippen molar-refractivity contribution >= 4 is 12.1 Å². The number of carbonyl (C=O) groups excluding carboxylic acids is 1. The predicted octanol–water partition coefficient (Wildman–Crippen LogP) is 2.15. The number of ether oxygens (including phenoxy) is 1. The van der Waals surface area contributed by atoms with Crippen molar-refractivity contribution in [2.75, 3.05) is 0 Å². The fourth-order valence-electron chi connectivity index (χ4n) is 2.62. The minimum absolute atomic E-state index is 0.0222. The Hall–Kier alpha value is -1.26. The second-order valence-electron chi connectivity index (χ2n) is 6.52. The second kappa shape index (κ2) is 4.14. The zero-order valence-electron chi connectivity index (χ0n) is 11.2. The lowest BCUT2D eigenvalue weighted by molar-refractivity contribution is -0.137. The van der Waals surface area contributed by atoms with Crippen LogP contribution in [0.4, 0.5) is 4.79 Å². The Morgan fingerprint density at radius 3 is 2.44 bits per heavy atom. The Bertz CT molecular complexity index is 368. The van der Waals surface area contributed by atoms with Crippen LogP contribution < -0.4 is 5.32 Å². The highest BCUT2D eigenvalue weighted by molar-refractivity contribution is 5.72. The number of carbonyl (C=O) groups is 2. The highest BCUT2D eigenvalue weighted by Gasteiger charge is 2.65. The van der Waals surface area contributed by atoms with E-state index in [4.69, 9.17) is 9.84 Å². The summed E-state index contributed by atoms with van der Waals surface area (Å²) in [6.45, 7) is 5.37. The molecule has 1 amide bonds. The molecule has 0 heterocycles.